The first-order valence-corrected chi connectivity index (χ1v) is 11.2. The summed E-state index contributed by atoms with van der Waals surface area (Å²) in [6.07, 6.45) is 3.49. The highest BCUT2D eigenvalue weighted by Crippen LogP contribution is 2.38. The Morgan fingerprint density at radius 2 is 1.94 bits per heavy atom. The number of carbonyl (C=O) groups excluding carboxylic acids is 1. The Labute approximate surface area is 194 Å². The summed E-state index contributed by atoms with van der Waals surface area (Å²) < 4.78 is 11.0. The number of hydroxylamine groups is 1. The van der Waals surface area contributed by atoms with Gasteiger partial charge in [-0.05, 0) is 41.8 Å². The molecule has 7 heteroatoms. The molecule has 3 aromatic rings. The standard InChI is InChI=1S/C26H29N3O4/c1-4-18-6-8-20(9-7-18)22-16-21(10-12-27-22)26(30)29-13-5-11-28-33-24-15-19(17-29)14-23(31-2)25(24)32-3/h6-10,12,14-16,28H,4-5,11,13,17H2,1-3H3/p+1. The van der Waals surface area contributed by atoms with Gasteiger partial charge in [0.05, 0.1) is 19.9 Å². The molecular formula is C26H30N3O4+. The summed E-state index contributed by atoms with van der Waals surface area (Å²) in [6.45, 7) is 3.90. The molecule has 0 spiro atoms. The Hall–Kier alpha value is -3.58. The number of carbonyl (C=O) groups is 1. The van der Waals surface area contributed by atoms with Crippen LogP contribution in [0.2, 0.25) is 0 Å². The summed E-state index contributed by atoms with van der Waals surface area (Å²) in [7, 11) is 3.18. The summed E-state index contributed by atoms with van der Waals surface area (Å²) in [6, 6.07) is 15.8. The lowest BCUT2D eigenvalue weighted by atomic mass is 10.1. The second kappa shape index (κ2) is 10.4. The summed E-state index contributed by atoms with van der Waals surface area (Å²) in [5.41, 5.74) is 6.35. The van der Waals surface area contributed by atoms with Crippen LogP contribution < -0.4 is 19.8 Å². The minimum absolute atomic E-state index is 0.0262. The number of rotatable bonds is 5. The number of pyridine rings is 1. The van der Waals surface area contributed by atoms with Gasteiger partial charge in [-0.15, -0.1) is 0 Å². The number of methoxy groups -OCH3 is 2. The van der Waals surface area contributed by atoms with Crippen molar-refractivity contribution in [2.75, 3.05) is 27.3 Å². The maximum absolute atomic E-state index is 13.5. The van der Waals surface area contributed by atoms with Crippen LogP contribution in [0.4, 0.5) is 0 Å². The first-order valence-electron chi connectivity index (χ1n) is 11.2. The molecule has 1 aliphatic rings. The molecule has 0 fully saturated rings. The fraction of sp³-hybridized carbons (Fsp3) is 0.308. The van der Waals surface area contributed by atoms with Gasteiger partial charge in [-0.3, -0.25) is 9.78 Å². The Morgan fingerprint density at radius 3 is 2.67 bits per heavy atom. The van der Waals surface area contributed by atoms with Crippen molar-refractivity contribution in [2.24, 2.45) is 0 Å². The van der Waals surface area contributed by atoms with Crippen LogP contribution in [0, 0.1) is 0 Å². The van der Waals surface area contributed by atoms with Crippen molar-refractivity contribution in [1.29, 1.82) is 0 Å². The summed E-state index contributed by atoms with van der Waals surface area (Å²) in [5.74, 6) is 1.68. The maximum Gasteiger partial charge on any atom is 0.254 e. The van der Waals surface area contributed by atoms with Crippen molar-refractivity contribution in [3.8, 4) is 28.5 Å². The minimum Gasteiger partial charge on any atom is -0.493 e. The van der Waals surface area contributed by atoms with Gasteiger partial charge >= 0.3 is 0 Å². The number of nitrogens with zero attached hydrogens (tertiary/aromatic N) is 2. The summed E-state index contributed by atoms with van der Waals surface area (Å²) in [4.78, 5) is 25.7. The van der Waals surface area contributed by atoms with Crippen LogP contribution in [0.5, 0.6) is 17.2 Å². The van der Waals surface area contributed by atoms with Crippen molar-refractivity contribution in [3.05, 3.63) is 71.4 Å². The van der Waals surface area contributed by atoms with E-state index in [1.54, 1.807) is 32.0 Å². The third-order valence-corrected chi connectivity index (χ3v) is 5.79. The van der Waals surface area contributed by atoms with Crippen molar-refractivity contribution >= 4 is 5.91 Å². The molecule has 1 aromatic heterocycles. The highest BCUT2D eigenvalue weighted by atomic mass is 16.7. The SMILES string of the molecule is CCc1ccc(-c2cc(C(=O)N3CCC[NH2+]Oc4cc(cc(OC)c4OC)C3)ccn2)cc1. The Morgan fingerprint density at radius 1 is 1.12 bits per heavy atom. The molecule has 1 amide bonds. The van der Waals surface area contributed by atoms with E-state index in [1.807, 2.05) is 23.1 Å². The molecule has 0 atom stereocenters. The van der Waals surface area contributed by atoms with E-state index >= 15 is 0 Å². The first kappa shape index (κ1) is 22.6. The van der Waals surface area contributed by atoms with E-state index in [0.717, 1.165) is 29.7 Å². The zero-order valence-electron chi connectivity index (χ0n) is 19.3. The second-order valence-electron chi connectivity index (χ2n) is 7.96. The van der Waals surface area contributed by atoms with E-state index in [1.165, 1.54) is 5.56 Å². The lowest BCUT2D eigenvalue weighted by molar-refractivity contribution is -0.857. The van der Waals surface area contributed by atoms with Crippen LogP contribution in [0.15, 0.2) is 54.7 Å². The molecule has 1 aliphatic heterocycles. The molecule has 2 bridgehead atoms. The smallest absolute Gasteiger partial charge is 0.254 e. The fourth-order valence-corrected chi connectivity index (χ4v) is 3.96. The molecule has 2 aromatic carbocycles. The monoisotopic (exact) mass is 448 g/mol. The molecule has 0 unspecified atom stereocenters. The van der Waals surface area contributed by atoms with Crippen molar-refractivity contribution in [3.63, 3.8) is 0 Å². The zero-order valence-corrected chi connectivity index (χ0v) is 19.3. The number of hydrogen-bond acceptors (Lipinski definition) is 5. The van der Waals surface area contributed by atoms with Crippen LogP contribution in [-0.4, -0.2) is 43.1 Å². The van der Waals surface area contributed by atoms with E-state index in [0.29, 0.717) is 42.4 Å². The predicted molar refractivity (Wildman–Crippen MR) is 125 cm³/mol. The number of nitrogens with two attached hydrogens (primary N) is 1. The fourth-order valence-electron chi connectivity index (χ4n) is 3.96. The largest absolute Gasteiger partial charge is 0.493 e. The van der Waals surface area contributed by atoms with Crippen molar-refractivity contribution in [1.82, 2.24) is 9.88 Å². The van der Waals surface area contributed by atoms with Gasteiger partial charge < -0.3 is 19.2 Å². The minimum atomic E-state index is -0.0262. The van der Waals surface area contributed by atoms with E-state index in [4.69, 9.17) is 14.3 Å². The second-order valence-corrected chi connectivity index (χ2v) is 7.96. The maximum atomic E-state index is 13.5. The molecule has 0 radical (unpaired) electrons. The van der Waals surface area contributed by atoms with Crippen molar-refractivity contribution < 1.29 is 24.6 Å². The molecule has 0 aliphatic carbocycles. The average molecular weight is 449 g/mol. The molecule has 7 nitrogen and oxygen atoms in total. The zero-order chi connectivity index (χ0) is 23.2. The number of aryl methyl sites for hydroxylation is 1. The quantitative estimate of drug-likeness (QED) is 0.649. The molecule has 33 heavy (non-hydrogen) atoms. The van der Waals surface area contributed by atoms with Crippen LogP contribution >= 0.6 is 0 Å². The first-order chi connectivity index (χ1) is 16.1. The molecule has 172 valence electrons. The highest BCUT2D eigenvalue weighted by molar-refractivity contribution is 5.95. The molecular weight excluding hydrogens is 418 g/mol. The van der Waals surface area contributed by atoms with Gasteiger partial charge in [-0.25, -0.2) is 0 Å². The van der Waals surface area contributed by atoms with Gasteiger partial charge in [-0.2, -0.15) is 5.48 Å². The van der Waals surface area contributed by atoms with Gasteiger partial charge in [0, 0.05) is 36.8 Å². The van der Waals surface area contributed by atoms with E-state index in [2.05, 4.69) is 36.2 Å². The predicted octanol–water partition coefficient (Wildman–Crippen LogP) is 3.23. The van der Waals surface area contributed by atoms with Gasteiger partial charge in [-0.1, -0.05) is 31.2 Å². The Balaban J connectivity index is 1.62. The summed E-state index contributed by atoms with van der Waals surface area (Å²) in [5, 5.41) is 0. The lowest BCUT2D eigenvalue weighted by Crippen LogP contribution is -2.87. The van der Waals surface area contributed by atoms with Gasteiger partial charge in [0.15, 0.2) is 5.75 Å². The summed E-state index contributed by atoms with van der Waals surface area (Å²) >= 11 is 0. The molecule has 0 saturated carbocycles. The number of hydrogen-bond donors (Lipinski definition) is 1. The van der Waals surface area contributed by atoms with Gasteiger partial charge in [0.2, 0.25) is 11.5 Å². The molecule has 0 saturated heterocycles. The van der Waals surface area contributed by atoms with Crippen LogP contribution in [0.25, 0.3) is 11.3 Å². The number of benzene rings is 2. The number of fused-ring (bicyclic) bond motifs is 2. The topological polar surface area (TPSA) is 77.5 Å². The normalized spacial score (nSPS) is 13.7. The van der Waals surface area contributed by atoms with E-state index in [9.17, 15) is 4.79 Å². The number of aromatic nitrogens is 1. The third kappa shape index (κ3) is 5.09. The third-order valence-electron chi connectivity index (χ3n) is 5.79. The average Bonchev–Trinajstić information content (AvgIpc) is 2.87. The van der Waals surface area contributed by atoms with E-state index < -0.39 is 0 Å². The number of quaternary nitrogens is 1. The Kier molecular flexibility index (Phi) is 7.10. The Bertz CT molecular complexity index is 1120. The van der Waals surface area contributed by atoms with Gasteiger partial charge in [0.25, 0.3) is 5.91 Å². The van der Waals surface area contributed by atoms with Crippen LogP contribution in [0.3, 0.4) is 0 Å². The van der Waals surface area contributed by atoms with Gasteiger partial charge in [0.1, 0.15) is 6.54 Å². The van der Waals surface area contributed by atoms with E-state index in [-0.39, 0.29) is 5.91 Å². The van der Waals surface area contributed by atoms with Crippen LogP contribution in [0.1, 0.15) is 34.8 Å². The highest BCUT2D eigenvalue weighted by Gasteiger charge is 2.22. The molecule has 2 heterocycles. The van der Waals surface area contributed by atoms with Crippen molar-refractivity contribution in [2.45, 2.75) is 26.3 Å². The number of ether oxygens (including phenoxy) is 2. The lowest BCUT2D eigenvalue weighted by Gasteiger charge is -2.25. The molecule has 2 N–H and O–H groups in total. The number of amides is 1. The molecule has 4 rings (SSSR count). The van der Waals surface area contributed by atoms with Crippen LogP contribution in [-0.2, 0) is 13.0 Å².